The van der Waals surface area contributed by atoms with Crippen LogP contribution in [0, 0.1) is 6.92 Å². The van der Waals surface area contributed by atoms with Gasteiger partial charge in [0.15, 0.2) is 17.9 Å². The first-order valence-corrected chi connectivity index (χ1v) is 13.2. The van der Waals surface area contributed by atoms with Crippen molar-refractivity contribution >= 4 is 51.9 Å². The Morgan fingerprint density at radius 2 is 1.90 bits per heavy atom. The van der Waals surface area contributed by atoms with Gasteiger partial charge in [-0.15, -0.1) is 0 Å². The molecule has 9 nitrogen and oxygen atoms in total. The molecule has 6 rings (SSSR count). The number of amides is 1. The van der Waals surface area contributed by atoms with Crippen LogP contribution in [0.2, 0.25) is 5.02 Å². The molecule has 200 valence electrons. The van der Waals surface area contributed by atoms with Crippen molar-refractivity contribution in [1.82, 2.24) is 24.8 Å². The molecule has 0 fully saturated rings. The molecule has 2 aromatic carbocycles. The van der Waals surface area contributed by atoms with E-state index >= 15 is 0 Å². The topological polar surface area (TPSA) is 114 Å². The van der Waals surface area contributed by atoms with Gasteiger partial charge in [-0.05, 0) is 42.3 Å². The number of carbonyl (C=O) groups excluding carboxylic acids is 2. The van der Waals surface area contributed by atoms with Gasteiger partial charge in [0.25, 0.3) is 5.91 Å². The molecule has 0 aliphatic carbocycles. The lowest BCUT2D eigenvalue weighted by atomic mass is 9.98. The third kappa shape index (κ3) is 4.59. The third-order valence-corrected chi connectivity index (χ3v) is 7.62. The Balaban J connectivity index is 1.31. The molecule has 1 aliphatic rings. The Kier molecular flexibility index (Phi) is 6.75. The summed E-state index contributed by atoms with van der Waals surface area (Å²) in [6.07, 6.45) is 4.81. The highest BCUT2D eigenvalue weighted by molar-refractivity contribution is 6.36. The van der Waals surface area contributed by atoms with Crippen LogP contribution in [0.1, 0.15) is 37.9 Å². The molecule has 1 aliphatic heterocycles. The summed E-state index contributed by atoms with van der Waals surface area (Å²) in [4.78, 5) is 37.9. The van der Waals surface area contributed by atoms with Crippen LogP contribution in [0.15, 0.2) is 60.9 Å². The highest BCUT2D eigenvalue weighted by Gasteiger charge is 2.23. The Labute approximate surface area is 235 Å². The number of hydrogen-bond acceptors (Lipinski definition) is 7. The first kappa shape index (κ1) is 25.7. The molecule has 3 aromatic heterocycles. The van der Waals surface area contributed by atoms with Gasteiger partial charge in [0.2, 0.25) is 0 Å². The number of aldehydes is 1. The molecule has 0 unspecified atom stereocenters. The number of carbonyl (C=O) groups is 2. The van der Waals surface area contributed by atoms with E-state index in [2.05, 4.69) is 30.9 Å². The Bertz CT molecular complexity index is 1800. The maximum absolute atomic E-state index is 13.2. The molecule has 5 aromatic rings. The van der Waals surface area contributed by atoms with Crippen molar-refractivity contribution in [1.29, 1.82) is 0 Å². The number of halogens is 1. The monoisotopic (exact) mass is 551 g/mol. The van der Waals surface area contributed by atoms with Gasteiger partial charge in [-0.2, -0.15) is 0 Å². The average molecular weight is 552 g/mol. The van der Waals surface area contributed by atoms with E-state index in [1.165, 1.54) is 6.20 Å². The standard InChI is InChI=1S/C30H26ClN7O2/c1-17-20(5-3-7-22(17)35-28-27-19(9-12-33-28)13-18(16-39)14-34-27)21-6-4-8-23(26(21)31)37-30(40)29-36-24-15-32-11-10-25(24)38(29)2/h3-9,12-14,16,32H,10-11,15H2,1-2H3,(H,33,35)(H,37,40). The number of imidazole rings is 1. The van der Waals surface area contributed by atoms with Crippen molar-refractivity contribution in [3.05, 3.63) is 94.3 Å². The number of fused-ring (bicyclic) bond motifs is 2. The normalized spacial score (nSPS) is 12.7. The summed E-state index contributed by atoms with van der Waals surface area (Å²) < 4.78 is 1.86. The molecular formula is C30H26ClN7O2. The van der Waals surface area contributed by atoms with Crippen molar-refractivity contribution in [3.63, 3.8) is 0 Å². The maximum atomic E-state index is 13.2. The fourth-order valence-electron chi connectivity index (χ4n) is 5.10. The van der Waals surface area contributed by atoms with Gasteiger partial charge in [-0.1, -0.05) is 35.9 Å². The van der Waals surface area contributed by atoms with E-state index in [9.17, 15) is 9.59 Å². The average Bonchev–Trinajstić information content (AvgIpc) is 3.32. The lowest BCUT2D eigenvalue weighted by Crippen LogP contribution is -2.24. The first-order chi connectivity index (χ1) is 19.4. The Hall–Kier alpha value is -4.60. The summed E-state index contributed by atoms with van der Waals surface area (Å²) in [5.41, 5.74) is 7.10. The Morgan fingerprint density at radius 3 is 2.70 bits per heavy atom. The second-order valence-electron chi connectivity index (χ2n) is 9.66. The van der Waals surface area contributed by atoms with E-state index in [-0.39, 0.29) is 5.91 Å². The van der Waals surface area contributed by atoms with Gasteiger partial charge in [0.1, 0.15) is 5.52 Å². The highest BCUT2D eigenvalue weighted by atomic mass is 35.5. The van der Waals surface area contributed by atoms with Gasteiger partial charge >= 0.3 is 0 Å². The van der Waals surface area contributed by atoms with Crippen LogP contribution in [-0.4, -0.2) is 38.3 Å². The predicted octanol–water partition coefficient (Wildman–Crippen LogP) is 5.45. The molecule has 10 heteroatoms. The van der Waals surface area contributed by atoms with E-state index < -0.39 is 0 Å². The van der Waals surface area contributed by atoms with Gasteiger partial charge in [0.05, 0.1) is 16.4 Å². The number of pyridine rings is 2. The first-order valence-electron chi connectivity index (χ1n) is 12.9. The lowest BCUT2D eigenvalue weighted by Gasteiger charge is -2.16. The number of anilines is 3. The van der Waals surface area contributed by atoms with Crippen LogP contribution in [0.25, 0.3) is 22.0 Å². The van der Waals surface area contributed by atoms with Crippen LogP contribution in [0.4, 0.5) is 17.2 Å². The van der Waals surface area contributed by atoms with Crippen molar-refractivity contribution < 1.29 is 9.59 Å². The van der Waals surface area contributed by atoms with Crippen molar-refractivity contribution in [3.8, 4) is 11.1 Å². The fourth-order valence-corrected chi connectivity index (χ4v) is 5.37. The zero-order valence-electron chi connectivity index (χ0n) is 22.0. The van der Waals surface area contributed by atoms with Crippen molar-refractivity contribution in [2.45, 2.75) is 19.9 Å². The molecular weight excluding hydrogens is 526 g/mol. The van der Waals surface area contributed by atoms with E-state index in [1.807, 2.05) is 54.9 Å². The summed E-state index contributed by atoms with van der Waals surface area (Å²) in [6, 6.07) is 15.0. The van der Waals surface area contributed by atoms with E-state index in [4.69, 9.17) is 11.6 Å². The molecule has 3 N–H and O–H groups in total. The number of nitrogens with one attached hydrogen (secondary N) is 3. The van der Waals surface area contributed by atoms with E-state index in [0.29, 0.717) is 40.0 Å². The van der Waals surface area contributed by atoms with Crippen molar-refractivity contribution in [2.75, 3.05) is 17.2 Å². The quantitative estimate of drug-likeness (QED) is 0.241. The number of aromatic nitrogens is 4. The highest BCUT2D eigenvalue weighted by Crippen LogP contribution is 2.38. The minimum Gasteiger partial charge on any atom is -0.338 e. The van der Waals surface area contributed by atoms with E-state index in [0.717, 1.165) is 58.4 Å². The second kappa shape index (κ2) is 10.5. The zero-order valence-corrected chi connectivity index (χ0v) is 22.7. The van der Waals surface area contributed by atoms with Crippen LogP contribution in [-0.2, 0) is 20.0 Å². The van der Waals surface area contributed by atoms with E-state index in [1.54, 1.807) is 18.3 Å². The molecule has 0 spiro atoms. The van der Waals surface area contributed by atoms with Crippen LogP contribution in [0.3, 0.4) is 0 Å². The van der Waals surface area contributed by atoms with Crippen LogP contribution in [0.5, 0.6) is 0 Å². The molecule has 0 radical (unpaired) electrons. The minimum atomic E-state index is -0.310. The molecule has 40 heavy (non-hydrogen) atoms. The number of rotatable bonds is 6. The smallest absolute Gasteiger partial charge is 0.291 e. The Morgan fingerprint density at radius 1 is 1.10 bits per heavy atom. The molecule has 1 amide bonds. The fraction of sp³-hybridized carbons (Fsp3) is 0.167. The second-order valence-corrected chi connectivity index (χ2v) is 10.0. The molecule has 4 heterocycles. The third-order valence-electron chi connectivity index (χ3n) is 7.21. The van der Waals surface area contributed by atoms with Gasteiger partial charge in [0, 0.05) is 66.8 Å². The minimum absolute atomic E-state index is 0.310. The SMILES string of the molecule is Cc1c(Nc2nccc3cc(C=O)cnc23)cccc1-c1cccc(NC(=O)c2nc3c(n2C)CCNC3)c1Cl. The lowest BCUT2D eigenvalue weighted by molar-refractivity contribution is 0.101. The van der Waals surface area contributed by atoms with Gasteiger partial charge in [-0.3, -0.25) is 14.6 Å². The maximum Gasteiger partial charge on any atom is 0.291 e. The summed E-state index contributed by atoms with van der Waals surface area (Å²) in [5, 5.41) is 10.9. The summed E-state index contributed by atoms with van der Waals surface area (Å²) in [5.74, 6) is 0.625. The zero-order chi connectivity index (χ0) is 27.8. The van der Waals surface area contributed by atoms with Crippen molar-refractivity contribution in [2.24, 2.45) is 7.05 Å². The molecule has 0 saturated heterocycles. The number of hydrogen-bond donors (Lipinski definition) is 3. The predicted molar refractivity (Wildman–Crippen MR) is 156 cm³/mol. The van der Waals surface area contributed by atoms with Crippen LogP contribution < -0.4 is 16.0 Å². The number of nitrogens with zero attached hydrogens (tertiary/aromatic N) is 4. The summed E-state index contributed by atoms with van der Waals surface area (Å²) >= 11 is 6.88. The van der Waals surface area contributed by atoms with Crippen LogP contribution >= 0.6 is 11.6 Å². The van der Waals surface area contributed by atoms with Gasteiger partial charge in [-0.25, -0.2) is 9.97 Å². The molecule has 0 saturated carbocycles. The summed E-state index contributed by atoms with van der Waals surface area (Å²) in [7, 11) is 1.87. The van der Waals surface area contributed by atoms with Gasteiger partial charge < -0.3 is 20.5 Å². The summed E-state index contributed by atoms with van der Waals surface area (Å²) in [6.45, 7) is 3.51. The largest absolute Gasteiger partial charge is 0.338 e. The molecule has 0 atom stereocenters. The number of benzene rings is 2. The molecule has 0 bridgehead atoms.